The van der Waals surface area contributed by atoms with Crippen LogP contribution in [0.5, 0.6) is 0 Å². The topological polar surface area (TPSA) is 55.8 Å². The number of nitrogens with zero attached hydrogens (tertiary/aromatic N) is 1. The molecule has 0 saturated heterocycles. The molecule has 0 aliphatic heterocycles. The number of likely N-dealkylation sites (N-methyl/N-ethyl adjacent to an activating group) is 1. The van der Waals surface area contributed by atoms with Crippen LogP contribution >= 0.6 is 0 Å². The molecule has 0 N–H and O–H groups in total. The average Bonchev–Trinajstić information content (AvgIpc) is 2.32. The van der Waals surface area contributed by atoms with Gasteiger partial charge in [-0.2, -0.15) is 0 Å². The van der Waals surface area contributed by atoms with Crippen molar-refractivity contribution in [2.24, 2.45) is 5.92 Å². The Morgan fingerprint density at radius 2 is 1.76 bits per heavy atom. The van der Waals surface area contributed by atoms with E-state index in [0.717, 1.165) is 0 Å². The van der Waals surface area contributed by atoms with Gasteiger partial charge < -0.3 is 14.4 Å². The first kappa shape index (κ1) is 19.5. The molecule has 0 fully saturated rings. The van der Waals surface area contributed by atoms with E-state index in [4.69, 9.17) is 9.47 Å². The van der Waals surface area contributed by atoms with Crippen molar-refractivity contribution in [1.29, 1.82) is 0 Å². The van der Waals surface area contributed by atoms with Gasteiger partial charge in [-0.1, -0.05) is 19.9 Å². The molecule has 0 aliphatic carbocycles. The van der Waals surface area contributed by atoms with E-state index in [9.17, 15) is 9.59 Å². The molecule has 1 amide bonds. The highest BCUT2D eigenvalue weighted by molar-refractivity contribution is 5.88. The average molecular weight is 299 g/mol. The van der Waals surface area contributed by atoms with E-state index in [-0.39, 0.29) is 17.9 Å². The fourth-order valence-corrected chi connectivity index (χ4v) is 1.78. The molecule has 21 heavy (non-hydrogen) atoms. The van der Waals surface area contributed by atoms with Crippen LogP contribution in [0.2, 0.25) is 0 Å². The predicted octanol–water partition coefficient (Wildman–Crippen LogP) is 3.39. The van der Waals surface area contributed by atoms with Crippen molar-refractivity contribution in [2.45, 2.75) is 60.1 Å². The minimum absolute atomic E-state index is 0.145. The quantitative estimate of drug-likeness (QED) is 0.577. The summed E-state index contributed by atoms with van der Waals surface area (Å²) >= 11 is 0. The van der Waals surface area contributed by atoms with E-state index >= 15 is 0 Å². The smallest absolute Gasteiger partial charge is 0.410 e. The van der Waals surface area contributed by atoms with Crippen LogP contribution in [-0.4, -0.2) is 42.3 Å². The summed E-state index contributed by atoms with van der Waals surface area (Å²) in [4.78, 5) is 25.3. The Hall–Kier alpha value is -1.52. The molecule has 0 aliphatic rings. The van der Waals surface area contributed by atoms with Crippen molar-refractivity contribution in [3.63, 3.8) is 0 Å². The summed E-state index contributed by atoms with van der Waals surface area (Å²) in [7, 11) is 1.67. The molecule has 5 heteroatoms. The fraction of sp³-hybridized carbons (Fsp3) is 0.750. The van der Waals surface area contributed by atoms with Gasteiger partial charge in [0.1, 0.15) is 5.60 Å². The van der Waals surface area contributed by atoms with Gasteiger partial charge in [-0.15, -0.1) is 0 Å². The van der Waals surface area contributed by atoms with Crippen molar-refractivity contribution < 1.29 is 19.1 Å². The Labute approximate surface area is 128 Å². The third-order valence-corrected chi connectivity index (χ3v) is 2.83. The van der Waals surface area contributed by atoms with Crippen LogP contribution in [0.3, 0.4) is 0 Å². The van der Waals surface area contributed by atoms with E-state index in [2.05, 4.69) is 0 Å². The zero-order valence-corrected chi connectivity index (χ0v) is 14.5. The van der Waals surface area contributed by atoms with Crippen LogP contribution in [0.4, 0.5) is 4.79 Å². The van der Waals surface area contributed by atoms with Crippen LogP contribution in [0, 0.1) is 5.92 Å². The molecular formula is C16H29NO4. The van der Waals surface area contributed by atoms with Crippen molar-refractivity contribution >= 4 is 12.1 Å². The third-order valence-electron chi connectivity index (χ3n) is 2.83. The Morgan fingerprint density at radius 3 is 2.14 bits per heavy atom. The summed E-state index contributed by atoms with van der Waals surface area (Å²) in [6.45, 7) is 13.2. The zero-order chi connectivity index (χ0) is 16.8. The lowest BCUT2D eigenvalue weighted by molar-refractivity contribution is -0.138. The summed E-state index contributed by atoms with van der Waals surface area (Å²) in [5.41, 5.74) is -0.0572. The van der Waals surface area contributed by atoms with E-state index in [1.807, 2.05) is 34.6 Å². The Balaban J connectivity index is 5.10. The highest BCUT2D eigenvalue weighted by Crippen LogP contribution is 2.17. The summed E-state index contributed by atoms with van der Waals surface area (Å²) in [5.74, 6) is -0.215. The molecule has 0 spiro atoms. The number of carbonyl (C=O) groups excluding carboxylic acids is 2. The van der Waals surface area contributed by atoms with Gasteiger partial charge in [0, 0.05) is 12.6 Å². The fourth-order valence-electron chi connectivity index (χ4n) is 1.78. The van der Waals surface area contributed by atoms with Gasteiger partial charge in [-0.3, -0.25) is 0 Å². The molecule has 0 unspecified atom stereocenters. The highest BCUT2D eigenvalue weighted by Gasteiger charge is 2.26. The lowest BCUT2D eigenvalue weighted by Crippen LogP contribution is -2.42. The minimum atomic E-state index is -0.549. The van der Waals surface area contributed by atoms with Gasteiger partial charge in [0.25, 0.3) is 0 Å². The number of ether oxygens (including phenoxy) is 2. The first-order valence-corrected chi connectivity index (χ1v) is 7.31. The highest BCUT2D eigenvalue weighted by atomic mass is 16.6. The normalized spacial score (nSPS) is 13.9. The molecule has 5 nitrogen and oxygen atoms in total. The molecule has 0 radical (unpaired) electrons. The van der Waals surface area contributed by atoms with Crippen molar-refractivity contribution in [1.82, 2.24) is 4.90 Å². The van der Waals surface area contributed by atoms with Crippen LogP contribution in [0.1, 0.15) is 48.5 Å². The summed E-state index contributed by atoms with van der Waals surface area (Å²) in [6, 6.07) is -0.232. The standard InChI is InChI=1S/C16H29NO4/c1-9-20-14(18)12(4)10-13(11(2)3)17(8)15(19)21-16(5,6)7/h10-11,13H,9H2,1-8H3/b12-10-/t13-/m1/s1. The molecule has 0 aromatic rings. The molecule has 0 aromatic carbocycles. The SMILES string of the molecule is CCOC(=O)/C(C)=C\[C@H](C(C)C)N(C)C(=O)OC(C)(C)C. The molecule has 1 atom stereocenters. The minimum Gasteiger partial charge on any atom is -0.463 e. The Kier molecular flexibility index (Phi) is 7.47. The summed E-state index contributed by atoms with van der Waals surface area (Å²) in [6.07, 6.45) is 1.35. The van der Waals surface area contributed by atoms with Crippen molar-refractivity contribution in [3.8, 4) is 0 Å². The third kappa shape index (κ3) is 7.16. The monoisotopic (exact) mass is 299 g/mol. The second kappa shape index (κ2) is 8.05. The van der Waals surface area contributed by atoms with Crippen LogP contribution in [0.15, 0.2) is 11.6 Å². The van der Waals surface area contributed by atoms with Gasteiger partial charge in [0.2, 0.25) is 0 Å². The molecular weight excluding hydrogens is 270 g/mol. The number of amides is 1. The maximum Gasteiger partial charge on any atom is 0.410 e. The first-order chi connectivity index (χ1) is 9.49. The van der Waals surface area contributed by atoms with Gasteiger partial charge in [0.15, 0.2) is 0 Å². The number of carbonyl (C=O) groups is 2. The second-order valence-corrected chi connectivity index (χ2v) is 6.40. The van der Waals surface area contributed by atoms with E-state index in [1.54, 1.807) is 27.0 Å². The first-order valence-electron chi connectivity index (χ1n) is 7.31. The molecule has 0 heterocycles. The number of rotatable bonds is 5. The van der Waals surface area contributed by atoms with Crippen LogP contribution in [0.25, 0.3) is 0 Å². The van der Waals surface area contributed by atoms with Crippen LogP contribution in [-0.2, 0) is 14.3 Å². The number of hydrogen-bond acceptors (Lipinski definition) is 4. The van der Waals surface area contributed by atoms with Gasteiger partial charge in [-0.25, -0.2) is 9.59 Å². The molecule has 0 rings (SSSR count). The molecule has 0 aromatic heterocycles. The van der Waals surface area contributed by atoms with Crippen molar-refractivity contribution in [2.75, 3.05) is 13.7 Å². The zero-order valence-electron chi connectivity index (χ0n) is 14.5. The van der Waals surface area contributed by atoms with Crippen LogP contribution < -0.4 is 0 Å². The van der Waals surface area contributed by atoms with Gasteiger partial charge >= 0.3 is 12.1 Å². The predicted molar refractivity (Wildman–Crippen MR) is 83.0 cm³/mol. The molecule has 122 valence electrons. The van der Waals surface area contributed by atoms with Crippen molar-refractivity contribution in [3.05, 3.63) is 11.6 Å². The maximum atomic E-state index is 12.1. The number of esters is 1. The van der Waals surface area contributed by atoms with E-state index in [0.29, 0.717) is 12.2 Å². The number of hydrogen-bond donors (Lipinski definition) is 0. The summed E-state index contributed by atoms with van der Waals surface area (Å²) < 4.78 is 10.3. The van der Waals surface area contributed by atoms with Gasteiger partial charge in [0.05, 0.1) is 12.6 Å². The largest absolute Gasteiger partial charge is 0.463 e. The Bertz CT molecular complexity index is 394. The van der Waals surface area contributed by atoms with E-state index < -0.39 is 11.7 Å². The molecule has 0 bridgehead atoms. The van der Waals surface area contributed by atoms with E-state index in [1.165, 1.54) is 4.90 Å². The second-order valence-electron chi connectivity index (χ2n) is 6.40. The van der Waals surface area contributed by atoms with Gasteiger partial charge in [-0.05, 0) is 40.5 Å². The Morgan fingerprint density at radius 1 is 1.24 bits per heavy atom. The lowest BCUT2D eigenvalue weighted by atomic mass is 10.0. The summed E-state index contributed by atoms with van der Waals surface area (Å²) in [5, 5.41) is 0. The maximum absolute atomic E-state index is 12.1. The molecule has 0 saturated carbocycles. The lowest BCUT2D eigenvalue weighted by Gasteiger charge is -2.31.